The van der Waals surface area contributed by atoms with Gasteiger partial charge in [0.15, 0.2) is 0 Å². The molecule has 5 nitrogen and oxygen atoms in total. The van der Waals surface area contributed by atoms with E-state index in [9.17, 15) is 4.79 Å². The molecular weight excluding hydrogens is 312 g/mol. The van der Waals surface area contributed by atoms with Crippen molar-refractivity contribution in [2.24, 2.45) is 13.0 Å². The van der Waals surface area contributed by atoms with E-state index < -0.39 is 0 Å². The molecule has 1 amide bonds. The fraction of sp³-hybridized carbons (Fsp3) is 0.600. The molecule has 1 aromatic carbocycles. The third kappa shape index (κ3) is 3.87. The van der Waals surface area contributed by atoms with Crippen LogP contribution >= 0.6 is 0 Å². The van der Waals surface area contributed by atoms with E-state index in [4.69, 9.17) is 4.98 Å². The zero-order valence-corrected chi connectivity index (χ0v) is 15.7. The Morgan fingerprint density at radius 1 is 1.32 bits per heavy atom. The highest BCUT2D eigenvalue weighted by Crippen LogP contribution is 2.22. The molecule has 1 aliphatic heterocycles. The fourth-order valence-electron chi connectivity index (χ4n) is 3.89. The minimum absolute atomic E-state index is 0.134. The molecule has 2 aromatic rings. The number of imidazole rings is 1. The van der Waals surface area contributed by atoms with E-state index in [1.54, 1.807) is 0 Å². The van der Waals surface area contributed by atoms with Crippen molar-refractivity contribution in [3.63, 3.8) is 0 Å². The summed E-state index contributed by atoms with van der Waals surface area (Å²) < 4.78 is 2.18. The van der Waals surface area contributed by atoms with Crippen LogP contribution in [0.3, 0.4) is 0 Å². The number of carbonyl (C=O) groups excluding carboxylic acids is 1. The summed E-state index contributed by atoms with van der Waals surface area (Å²) in [4.78, 5) is 22.0. The number of rotatable bonds is 6. The Morgan fingerprint density at radius 2 is 2.12 bits per heavy atom. The topological polar surface area (TPSA) is 41.4 Å². The molecule has 0 spiro atoms. The lowest BCUT2D eigenvalue weighted by molar-refractivity contribution is -0.137. The summed E-state index contributed by atoms with van der Waals surface area (Å²) in [5.41, 5.74) is 2.21. The molecule has 0 radical (unpaired) electrons. The van der Waals surface area contributed by atoms with Gasteiger partial charge in [0.25, 0.3) is 0 Å². The molecule has 0 saturated carbocycles. The van der Waals surface area contributed by atoms with Crippen LogP contribution in [-0.4, -0.2) is 51.4 Å². The number of aryl methyl sites for hydroxylation is 1. The Morgan fingerprint density at radius 3 is 2.84 bits per heavy atom. The molecule has 1 aliphatic rings. The molecule has 2 heterocycles. The molecule has 0 bridgehead atoms. The second-order valence-corrected chi connectivity index (χ2v) is 7.07. The van der Waals surface area contributed by atoms with Crippen molar-refractivity contribution in [3.8, 4) is 0 Å². The molecule has 136 valence electrons. The van der Waals surface area contributed by atoms with Crippen LogP contribution in [0.15, 0.2) is 24.3 Å². The lowest BCUT2D eigenvalue weighted by Crippen LogP contribution is -2.45. The van der Waals surface area contributed by atoms with Crippen LogP contribution in [0, 0.1) is 5.92 Å². The zero-order chi connectivity index (χ0) is 17.8. The van der Waals surface area contributed by atoms with Crippen molar-refractivity contribution >= 4 is 16.9 Å². The SMILES string of the molecule is CCCN(CC)C(=O)[C@@H]1CCCN(Cc2nc3ccccc3n2C)C1. The van der Waals surface area contributed by atoms with Gasteiger partial charge in [-0.1, -0.05) is 19.1 Å². The molecule has 3 rings (SSSR count). The normalized spacial score (nSPS) is 18.6. The molecule has 0 unspecified atom stereocenters. The molecular formula is C20H30N4O. The maximum atomic E-state index is 12.8. The summed E-state index contributed by atoms with van der Waals surface area (Å²) in [6.07, 6.45) is 3.12. The minimum Gasteiger partial charge on any atom is -0.343 e. The highest BCUT2D eigenvalue weighted by Gasteiger charge is 2.29. The first kappa shape index (κ1) is 17.9. The number of amides is 1. The van der Waals surface area contributed by atoms with Gasteiger partial charge in [-0.2, -0.15) is 0 Å². The molecule has 25 heavy (non-hydrogen) atoms. The summed E-state index contributed by atoms with van der Waals surface area (Å²) in [5.74, 6) is 1.55. The number of benzene rings is 1. The summed E-state index contributed by atoms with van der Waals surface area (Å²) in [7, 11) is 2.08. The number of nitrogens with zero attached hydrogens (tertiary/aromatic N) is 4. The van der Waals surface area contributed by atoms with Gasteiger partial charge in [0.05, 0.1) is 23.5 Å². The van der Waals surface area contributed by atoms with Crippen molar-refractivity contribution in [3.05, 3.63) is 30.1 Å². The van der Waals surface area contributed by atoms with E-state index in [1.165, 1.54) is 5.52 Å². The summed E-state index contributed by atoms with van der Waals surface area (Å²) >= 11 is 0. The number of para-hydroxylation sites is 2. The maximum Gasteiger partial charge on any atom is 0.226 e. The van der Waals surface area contributed by atoms with E-state index in [0.717, 1.165) is 63.3 Å². The van der Waals surface area contributed by atoms with E-state index in [0.29, 0.717) is 5.91 Å². The average Bonchev–Trinajstić information content (AvgIpc) is 2.95. The van der Waals surface area contributed by atoms with Crippen LogP contribution in [0.5, 0.6) is 0 Å². The first-order valence-electron chi connectivity index (χ1n) is 9.55. The number of piperidine rings is 1. The summed E-state index contributed by atoms with van der Waals surface area (Å²) in [6.45, 7) is 8.61. The molecule has 1 atom stereocenters. The van der Waals surface area contributed by atoms with Gasteiger partial charge >= 0.3 is 0 Å². The third-order valence-electron chi connectivity index (χ3n) is 5.29. The van der Waals surface area contributed by atoms with Crippen LogP contribution in [-0.2, 0) is 18.4 Å². The first-order valence-corrected chi connectivity index (χ1v) is 9.55. The largest absolute Gasteiger partial charge is 0.343 e. The molecule has 5 heteroatoms. The highest BCUT2D eigenvalue weighted by molar-refractivity contribution is 5.79. The lowest BCUT2D eigenvalue weighted by atomic mass is 9.96. The van der Waals surface area contributed by atoms with Gasteiger partial charge in [0, 0.05) is 26.7 Å². The van der Waals surface area contributed by atoms with Gasteiger partial charge in [0.2, 0.25) is 5.91 Å². The summed E-state index contributed by atoms with van der Waals surface area (Å²) in [6, 6.07) is 8.25. The second kappa shape index (κ2) is 8.00. The Hall–Kier alpha value is -1.88. The van der Waals surface area contributed by atoms with Gasteiger partial charge < -0.3 is 9.47 Å². The molecule has 0 N–H and O–H groups in total. The van der Waals surface area contributed by atoms with Crippen molar-refractivity contribution in [1.82, 2.24) is 19.4 Å². The van der Waals surface area contributed by atoms with Crippen molar-refractivity contribution in [2.45, 2.75) is 39.7 Å². The maximum absolute atomic E-state index is 12.8. The Balaban J connectivity index is 1.68. The van der Waals surface area contributed by atoms with E-state index in [1.807, 2.05) is 11.0 Å². The minimum atomic E-state index is 0.134. The van der Waals surface area contributed by atoms with Crippen LogP contribution in [0.2, 0.25) is 0 Å². The molecule has 0 aliphatic carbocycles. The van der Waals surface area contributed by atoms with Gasteiger partial charge in [-0.15, -0.1) is 0 Å². The van der Waals surface area contributed by atoms with Gasteiger partial charge in [-0.05, 0) is 44.9 Å². The molecule has 1 aromatic heterocycles. The van der Waals surface area contributed by atoms with Gasteiger partial charge in [0.1, 0.15) is 5.82 Å². The van der Waals surface area contributed by atoms with Crippen molar-refractivity contribution < 1.29 is 4.79 Å². The Kier molecular flexibility index (Phi) is 5.74. The number of likely N-dealkylation sites (tertiary alicyclic amines) is 1. The Bertz CT molecular complexity index is 724. The highest BCUT2D eigenvalue weighted by atomic mass is 16.2. The third-order valence-corrected chi connectivity index (χ3v) is 5.29. The Labute approximate surface area is 150 Å². The molecule has 1 fully saturated rings. The lowest BCUT2D eigenvalue weighted by Gasteiger charge is -2.34. The predicted molar refractivity (Wildman–Crippen MR) is 101 cm³/mol. The number of fused-ring (bicyclic) bond motifs is 1. The molecule has 1 saturated heterocycles. The average molecular weight is 342 g/mol. The zero-order valence-electron chi connectivity index (χ0n) is 15.7. The van der Waals surface area contributed by atoms with Gasteiger partial charge in [-0.25, -0.2) is 4.98 Å². The monoisotopic (exact) mass is 342 g/mol. The van der Waals surface area contributed by atoms with Crippen molar-refractivity contribution in [1.29, 1.82) is 0 Å². The van der Waals surface area contributed by atoms with E-state index >= 15 is 0 Å². The number of hydrogen-bond acceptors (Lipinski definition) is 3. The van der Waals surface area contributed by atoms with Crippen LogP contribution < -0.4 is 0 Å². The number of carbonyl (C=O) groups is 1. The van der Waals surface area contributed by atoms with Crippen LogP contribution in [0.1, 0.15) is 38.9 Å². The van der Waals surface area contributed by atoms with Gasteiger partial charge in [-0.3, -0.25) is 9.69 Å². The smallest absolute Gasteiger partial charge is 0.226 e. The van der Waals surface area contributed by atoms with Crippen LogP contribution in [0.4, 0.5) is 0 Å². The van der Waals surface area contributed by atoms with E-state index in [-0.39, 0.29) is 5.92 Å². The standard InChI is InChI=1S/C20H30N4O/c1-4-12-24(5-2)20(25)16-9-8-13-23(14-16)15-19-21-17-10-6-7-11-18(17)22(19)3/h6-7,10-11,16H,4-5,8-9,12-15H2,1-3H3/t16-/m1/s1. The van der Waals surface area contributed by atoms with Crippen LogP contribution in [0.25, 0.3) is 11.0 Å². The summed E-state index contributed by atoms with van der Waals surface area (Å²) in [5, 5.41) is 0. The first-order chi connectivity index (χ1) is 12.1. The van der Waals surface area contributed by atoms with Crippen molar-refractivity contribution in [2.75, 3.05) is 26.2 Å². The van der Waals surface area contributed by atoms with E-state index in [2.05, 4.69) is 48.6 Å². The number of aromatic nitrogens is 2. The second-order valence-electron chi connectivity index (χ2n) is 7.07. The number of hydrogen-bond donors (Lipinski definition) is 0. The quantitative estimate of drug-likeness (QED) is 0.810. The predicted octanol–water partition coefficient (Wildman–Crippen LogP) is 3.04. The fourth-order valence-corrected chi connectivity index (χ4v) is 3.89.